The summed E-state index contributed by atoms with van der Waals surface area (Å²) in [6.45, 7) is 4.94. The molecule has 0 saturated carbocycles. The van der Waals surface area contributed by atoms with Crippen molar-refractivity contribution in [3.63, 3.8) is 0 Å². The maximum absolute atomic E-state index is 12.9. The molecule has 1 unspecified atom stereocenters. The quantitative estimate of drug-likeness (QED) is 0.839. The first-order chi connectivity index (χ1) is 11.6. The van der Waals surface area contributed by atoms with E-state index in [2.05, 4.69) is 30.5 Å². The Morgan fingerprint density at radius 2 is 2.21 bits per heavy atom. The van der Waals surface area contributed by atoms with Gasteiger partial charge >= 0.3 is 0 Å². The van der Waals surface area contributed by atoms with Gasteiger partial charge in [0.05, 0.1) is 12.4 Å². The maximum Gasteiger partial charge on any atom is 0.223 e. The van der Waals surface area contributed by atoms with Crippen molar-refractivity contribution in [2.24, 2.45) is 0 Å². The minimum Gasteiger partial charge on any atom is -0.311 e. The van der Waals surface area contributed by atoms with Crippen LogP contribution in [0.1, 0.15) is 17.6 Å². The summed E-state index contributed by atoms with van der Waals surface area (Å²) in [5.41, 5.74) is 0. The molecule has 0 aromatic carbocycles. The van der Waals surface area contributed by atoms with Crippen LogP contribution in [-0.4, -0.2) is 51.4 Å². The minimum absolute atomic E-state index is 0.113. The molecule has 3 rings (SSSR count). The number of anilines is 1. The van der Waals surface area contributed by atoms with Gasteiger partial charge < -0.3 is 10.6 Å². The number of hydrogen-bond donors (Lipinski definition) is 2. The molecule has 128 valence electrons. The van der Waals surface area contributed by atoms with Crippen molar-refractivity contribution in [1.82, 2.24) is 25.2 Å². The maximum atomic E-state index is 12.9. The van der Waals surface area contributed by atoms with Gasteiger partial charge in [0.1, 0.15) is 5.82 Å². The Bertz CT molecular complexity index is 692. The molecule has 1 amide bonds. The number of rotatable bonds is 5. The summed E-state index contributed by atoms with van der Waals surface area (Å²) in [5, 5.41) is 6.77. The number of hydrogen-bond acceptors (Lipinski definition) is 7. The summed E-state index contributed by atoms with van der Waals surface area (Å²) in [6.07, 6.45) is 4.86. The molecule has 7 nitrogen and oxygen atoms in total. The second-order valence-electron chi connectivity index (χ2n) is 5.72. The van der Waals surface area contributed by atoms with Crippen molar-refractivity contribution >= 4 is 22.4 Å². The van der Waals surface area contributed by atoms with E-state index in [0.717, 1.165) is 31.1 Å². The first kappa shape index (κ1) is 16.9. The molecule has 1 aliphatic rings. The largest absolute Gasteiger partial charge is 0.311 e. The predicted octanol–water partition coefficient (Wildman–Crippen LogP) is 1.05. The second kappa shape index (κ2) is 7.73. The Labute approximate surface area is 143 Å². The molecular formula is C15H19FN6OS. The first-order valence-electron chi connectivity index (χ1n) is 7.73. The number of aromatic nitrogens is 3. The summed E-state index contributed by atoms with van der Waals surface area (Å²) in [6, 6.07) is 0.229. The fraction of sp³-hybridized carbons (Fsp3) is 0.467. The molecular weight excluding hydrogens is 331 g/mol. The number of nitrogens with one attached hydrogen (secondary N) is 2. The van der Waals surface area contributed by atoms with Gasteiger partial charge in [-0.2, -0.15) is 0 Å². The smallest absolute Gasteiger partial charge is 0.223 e. The Balaban J connectivity index is 1.54. The van der Waals surface area contributed by atoms with E-state index in [-0.39, 0.29) is 11.9 Å². The Morgan fingerprint density at radius 1 is 1.42 bits per heavy atom. The molecule has 1 fully saturated rings. The number of carbonyl (C=O) groups is 1. The van der Waals surface area contributed by atoms with Crippen LogP contribution in [0.3, 0.4) is 0 Å². The van der Waals surface area contributed by atoms with E-state index in [1.54, 1.807) is 6.20 Å². The Kier molecular flexibility index (Phi) is 5.44. The topological polar surface area (TPSA) is 83.0 Å². The average Bonchev–Trinajstić information content (AvgIpc) is 2.96. The van der Waals surface area contributed by atoms with E-state index < -0.39 is 5.82 Å². The predicted molar refractivity (Wildman–Crippen MR) is 89.2 cm³/mol. The van der Waals surface area contributed by atoms with Gasteiger partial charge in [0.2, 0.25) is 5.91 Å². The van der Waals surface area contributed by atoms with Gasteiger partial charge in [0.25, 0.3) is 0 Å². The van der Waals surface area contributed by atoms with E-state index in [1.807, 2.05) is 0 Å². The summed E-state index contributed by atoms with van der Waals surface area (Å²) in [4.78, 5) is 26.7. The molecule has 2 aromatic heterocycles. The number of amides is 1. The van der Waals surface area contributed by atoms with Crippen molar-refractivity contribution in [3.05, 3.63) is 35.1 Å². The van der Waals surface area contributed by atoms with Gasteiger partial charge in [-0.1, -0.05) is 0 Å². The van der Waals surface area contributed by atoms with Gasteiger partial charge in [-0.3, -0.25) is 9.69 Å². The zero-order valence-electron chi connectivity index (χ0n) is 13.3. The minimum atomic E-state index is -0.419. The molecule has 0 aliphatic carbocycles. The summed E-state index contributed by atoms with van der Waals surface area (Å²) in [5.74, 6) is 0.107. The number of piperazine rings is 1. The lowest BCUT2D eigenvalue weighted by Gasteiger charge is -2.33. The number of halogens is 1. The van der Waals surface area contributed by atoms with Crippen molar-refractivity contribution in [1.29, 1.82) is 0 Å². The van der Waals surface area contributed by atoms with Crippen molar-refractivity contribution in [2.75, 3.05) is 25.0 Å². The van der Waals surface area contributed by atoms with E-state index in [1.165, 1.54) is 30.7 Å². The van der Waals surface area contributed by atoms with Crippen LogP contribution >= 0.6 is 11.3 Å². The second-order valence-corrected chi connectivity index (χ2v) is 6.84. The molecule has 2 N–H and O–H groups in total. The highest BCUT2D eigenvalue weighted by Crippen LogP contribution is 2.20. The van der Waals surface area contributed by atoms with Crippen LogP contribution in [0.15, 0.2) is 18.6 Å². The molecule has 0 spiro atoms. The van der Waals surface area contributed by atoms with Gasteiger partial charge in [-0.05, 0) is 0 Å². The van der Waals surface area contributed by atoms with Gasteiger partial charge in [0, 0.05) is 56.6 Å². The van der Waals surface area contributed by atoms with Gasteiger partial charge in [0.15, 0.2) is 10.9 Å². The molecule has 1 aliphatic heterocycles. The van der Waals surface area contributed by atoms with Crippen LogP contribution in [0.25, 0.3) is 0 Å². The summed E-state index contributed by atoms with van der Waals surface area (Å²) in [7, 11) is 0. The van der Waals surface area contributed by atoms with E-state index >= 15 is 0 Å². The number of thiazole rings is 1. The van der Waals surface area contributed by atoms with Crippen molar-refractivity contribution < 1.29 is 9.18 Å². The monoisotopic (exact) mass is 350 g/mol. The number of nitrogens with zero attached hydrogens (tertiary/aromatic N) is 4. The summed E-state index contributed by atoms with van der Waals surface area (Å²) >= 11 is 1.49. The SMILES string of the molecule is CC(=O)Nc1ncc(CN2CCNC(Cc3ncc(F)cn3)C2)s1. The average molecular weight is 350 g/mol. The molecule has 2 aromatic rings. The molecule has 1 saturated heterocycles. The van der Waals surface area contributed by atoms with Crippen LogP contribution in [0.2, 0.25) is 0 Å². The third kappa shape index (κ3) is 4.76. The molecule has 0 bridgehead atoms. The molecule has 1 atom stereocenters. The lowest BCUT2D eigenvalue weighted by Crippen LogP contribution is -2.51. The normalized spacial score (nSPS) is 18.5. The fourth-order valence-electron chi connectivity index (χ4n) is 2.65. The van der Waals surface area contributed by atoms with Crippen LogP contribution in [0, 0.1) is 5.82 Å². The van der Waals surface area contributed by atoms with E-state index in [0.29, 0.717) is 17.4 Å². The van der Waals surface area contributed by atoms with Crippen molar-refractivity contribution in [2.45, 2.75) is 25.9 Å². The van der Waals surface area contributed by atoms with Crippen LogP contribution in [0.5, 0.6) is 0 Å². The zero-order valence-corrected chi connectivity index (χ0v) is 14.1. The third-order valence-corrected chi connectivity index (χ3v) is 4.56. The zero-order chi connectivity index (χ0) is 16.9. The highest BCUT2D eigenvalue weighted by atomic mass is 32.1. The molecule has 3 heterocycles. The third-order valence-electron chi connectivity index (χ3n) is 3.66. The first-order valence-corrected chi connectivity index (χ1v) is 8.54. The van der Waals surface area contributed by atoms with Crippen LogP contribution in [-0.2, 0) is 17.8 Å². The highest BCUT2D eigenvalue weighted by molar-refractivity contribution is 7.15. The highest BCUT2D eigenvalue weighted by Gasteiger charge is 2.21. The Morgan fingerprint density at radius 3 is 2.96 bits per heavy atom. The van der Waals surface area contributed by atoms with Crippen molar-refractivity contribution in [3.8, 4) is 0 Å². The van der Waals surface area contributed by atoms with Gasteiger partial charge in [-0.25, -0.2) is 19.3 Å². The molecule has 0 radical (unpaired) electrons. The number of carbonyl (C=O) groups excluding carboxylic acids is 1. The van der Waals surface area contributed by atoms with E-state index in [9.17, 15) is 9.18 Å². The standard InChI is InChI=1S/C15H19FN6OS/c1-10(23)21-15-20-7-13(24-15)9-22-3-2-17-12(8-22)4-14-18-5-11(16)6-19-14/h5-7,12,17H,2-4,8-9H2,1H3,(H,20,21,23). The Hall–Kier alpha value is -1.97. The fourth-order valence-corrected chi connectivity index (χ4v) is 3.55. The van der Waals surface area contributed by atoms with Gasteiger partial charge in [-0.15, -0.1) is 11.3 Å². The molecule has 24 heavy (non-hydrogen) atoms. The van der Waals surface area contributed by atoms with Crippen LogP contribution in [0.4, 0.5) is 9.52 Å². The lowest BCUT2D eigenvalue weighted by atomic mass is 10.1. The van der Waals surface area contributed by atoms with E-state index in [4.69, 9.17) is 0 Å². The molecule has 9 heteroatoms. The lowest BCUT2D eigenvalue weighted by molar-refractivity contribution is -0.114. The summed E-state index contributed by atoms with van der Waals surface area (Å²) < 4.78 is 12.9. The van der Waals surface area contributed by atoms with Crippen LogP contribution < -0.4 is 10.6 Å².